The van der Waals surface area contributed by atoms with E-state index < -0.39 is 12.7 Å². The first kappa shape index (κ1) is 14.0. The molecule has 0 atom stereocenters. The van der Waals surface area contributed by atoms with E-state index in [1.54, 1.807) is 12.1 Å². The summed E-state index contributed by atoms with van der Waals surface area (Å²) in [5.41, 5.74) is 0.472. The molecule has 8 heteroatoms. The van der Waals surface area contributed by atoms with Crippen LogP contribution in [-0.2, 0) is 6.61 Å². The molecular weight excluding hydrogens is 261 g/mol. The number of halogens is 3. The second-order valence-electron chi connectivity index (χ2n) is 4.42. The molecule has 1 aliphatic rings. The molecular formula is C11H15F3N4O. The molecule has 106 valence electrons. The SMILES string of the molecule is OCc1ccc(N2CCN(CC(F)(F)F)CC2)nn1. The quantitative estimate of drug-likeness (QED) is 0.878. The molecule has 1 saturated heterocycles. The van der Waals surface area contributed by atoms with Crippen LogP contribution >= 0.6 is 0 Å². The van der Waals surface area contributed by atoms with Crippen molar-refractivity contribution in [1.29, 1.82) is 0 Å². The lowest BCUT2D eigenvalue weighted by Gasteiger charge is -2.35. The molecule has 1 fully saturated rings. The molecule has 1 aromatic heterocycles. The molecule has 0 aliphatic carbocycles. The van der Waals surface area contributed by atoms with Gasteiger partial charge in [0.2, 0.25) is 0 Å². The van der Waals surface area contributed by atoms with E-state index >= 15 is 0 Å². The molecule has 2 rings (SSSR count). The van der Waals surface area contributed by atoms with Crippen molar-refractivity contribution in [2.75, 3.05) is 37.6 Å². The van der Waals surface area contributed by atoms with Gasteiger partial charge in [0.1, 0.15) is 0 Å². The summed E-state index contributed by atoms with van der Waals surface area (Å²) in [4.78, 5) is 3.27. The number of anilines is 1. The highest BCUT2D eigenvalue weighted by molar-refractivity contribution is 5.37. The number of nitrogens with zero attached hydrogens (tertiary/aromatic N) is 4. The fourth-order valence-electron chi connectivity index (χ4n) is 1.99. The Morgan fingerprint density at radius 2 is 1.79 bits per heavy atom. The van der Waals surface area contributed by atoms with E-state index in [2.05, 4.69) is 10.2 Å². The topological polar surface area (TPSA) is 52.5 Å². The summed E-state index contributed by atoms with van der Waals surface area (Å²) < 4.78 is 36.7. The molecule has 0 unspecified atom stereocenters. The van der Waals surface area contributed by atoms with Gasteiger partial charge in [0.05, 0.1) is 18.8 Å². The van der Waals surface area contributed by atoms with E-state index in [0.29, 0.717) is 37.7 Å². The average molecular weight is 276 g/mol. The van der Waals surface area contributed by atoms with Crippen LogP contribution in [-0.4, -0.2) is 59.1 Å². The van der Waals surface area contributed by atoms with Gasteiger partial charge in [0, 0.05) is 26.2 Å². The van der Waals surface area contributed by atoms with Crippen LogP contribution in [0.3, 0.4) is 0 Å². The number of aromatic nitrogens is 2. The van der Waals surface area contributed by atoms with Crippen LogP contribution < -0.4 is 4.90 Å². The Morgan fingerprint density at radius 3 is 2.26 bits per heavy atom. The average Bonchev–Trinajstić information content (AvgIpc) is 2.38. The molecule has 0 aromatic carbocycles. The number of alkyl halides is 3. The Balaban J connectivity index is 1.88. The maximum atomic E-state index is 12.2. The first-order valence-corrected chi connectivity index (χ1v) is 5.95. The Hall–Kier alpha value is -1.41. The van der Waals surface area contributed by atoms with E-state index in [-0.39, 0.29) is 6.61 Å². The van der Waals surface area contributed by atoms with Gasteiger partial charge in [-0.25, -0.2) is 0 Å². The molecule has 1 aromatic rings. The molecule has 0 bridgehead atoms. The largest absolute Gasteiger partial charge is 0.401 e. The lowest BCUT2D eigenvalue weighted by atomic mass is 10.3. The first-order valence-electron chi connectivity index (χ1n) is 5.95. The van der Waals surface area contributed by atoms with Crippen molar-refractivity contribution in [2.45, 2.75) is 12.8 Å². The Kier molecular flexibility index (Phi) is 4.20. The monoisotopic (exact) mass is 276 g/mol. The summed E-state index contributed by atoms with van der Waals surface area (Å²) >= 11 is 0. The van der Waals surface area contributed by atoms with E-state index in [0.717, 1.165) is 0 Å². The van der Waals surface area contributed by atoms with Crippen molar-refractivity contribution < 1.29 is 18.3 Å². The molecule has 5 nitrogen and oxygen atoms in total. The van der Waals surface area contributed by atoms with Crippen molar-refractivity contribution in [2.24, 2.45) is 0 Å². The maximum absolute atomic E-state index is 12.2. The fourth-order valence-corrected chi connectivity index (χ4v) is 1.99. The van der Waals surface area contributed by atoms with Gasteiger partial charge in [0.25, 0.3) is 0 Å². The fraction of sp³-hybridized carbons (Fsp3) is 0.636. The van der Waals surface area contributed by atoms with E-state index in [1.165, 1.54) is 4.90 Å². The summed E-state index contributed by atoms with van der Waals surface area (Å²) in [5.74, 6) is 0.629. The van der Waals surface area contributed by atoms with Crippen molar-refractivity contribution in [3.8, 4) is 0 Å². The first-order chi connectivity index (χ1) is 8.98. The maximum Gasteiger partial charge on any atom is 0.401 e. The zero-order valence-corrected chi connectivity index (χ0v) is 10.3. The predicted octanol–water partition coefficient (Wildman–Crippen LogP) is 0.653. The van der Waals surface area contributed by atoms with Crippen molar-refractivity contribution in [3.63, 3.8) is 0 Å². The lowest BCUT2D eigenvalue weighted by molar-refractivity contribution is -0.146. The normalized spacial score (nSPS) is 17.8. The minimum absolute atomic E-state index is 0.174. The Morgan fingerprint density at radius 1 is 1.11 bits per heavy atom. The summed E-state index contributed by atoms with van der Waals surface area (Å²) in [5, 5.41) is 16.6. The molecule has 1 N–H and O–H groups in total. The smallest absolute Gasteiger partial charge is 0.390 e. The number of hydrogen-bond donors (Lipinski definition) is 1. The molecule has 0 spiro atoms. The summed E-state index contributed by atoms with van der Waals surface area (Å²) in [6.07, 6.45) is -4.15. The predicted molar refractivity (Wildman–Crippen MR) is 62.7 cm³/mol. The van der Waals surface area contributed by atoms with Crippen LogP contribution in [0.4, 0.5) is 19.0 Å². The molecule has 0 radical (unpaired) electrons. The number of aliphatic hydroxyl groups is 1. The number of piperazine rings is 1. The van der Waals surface area contributed by atoms with Crippen LogP contribution in [0.2, 0.25) is 0 Å². The highest BCUT2D eigenvalue weighted by atomic mass is 19.4. The van der Waals surface area contributed by atoms with Gasteiger partial charge in [0.15, 0.2) is 5.82 Å². The number of aliphatic hydroxyl groups excluding tert-OH is 1. The third-order valence-electron chi connectivity index (χ3n) is 2.97. The number of hydrogen-bond acceptors (Lipinski definition) is 5. The van der Waals surface area contributed by atoms with Crippen LogP contribution in [0.25, 0.3) is 0 Å². The van der Waals surface area contributed by atoms with E-state index in [9.17, 15) is 13.2 Å². The standard InChI is InChI=1S/C11H15F3N4O/c12-11(13,14)8-17-3-5-18(6-4-17)10-2-1-9(7-19)15-16-10/h1-2,19H,3-8H2. The van der Waals surface area contributed by atoms with Crippen LogP contribution in [0, 0.1) is 0 Å². The third-order valence-corrected chi connectivity index (χ3v) is 2.97. The Labute approximate surface area is 108 Å². The van der Waals surface area contributed by atoms with Crippen molar-refractivity contribution in [1.82, 2.24) is 15.1 Å². The van der Waals surface area contributed by atoms with Crippen LogP contribution in [0.1, 0.15) is 5.69 Å². The summed E-state index contributed by atoms with van der Waals surface area (Å²) in [7, 11) is 0. The lowest BCUT2D eigenvalue weighted by Crippen LogP contribution is -2.49. The highest BCUT2D eigenvalue weighted by Crippen LogP contribution is 2.19. The molecule has 0 amide bonds. The van der Waals surface area contributed by atoms with Gasteiger partial charge in [-0.2, -0.15) is 18.3 Å². The van der Waals surface area contributed by atoms with Gasteiger partial charge in [-0.1, -0.05) is 0 Å². The Bertz CT molecular complexity index is 401. The zero-order valence-electron chi connectivity index (χ0n) is 10.3. The van der Waals surface area contributed by atoms with Gasteiger partial charge < -0.3 is 10.0 Å². The molecule has 19 heavy (non-hydrogen) atoms. The van der Waals surface area contributed by atoms with E-state index in [4.69, 9.17) is 5.11 Å². The second-order valence-corrected chi connectivity index (χ2v) is 4.42. The van der Waals surface area contributed by atoms with Crippen molar-refractivity contribution in [3.05, 3.63) is 17.8 Å². The molecule has 2 heterocycles. The van der Waals surface area contributed by atoms with Crippen molar-refractivity contribution >= 4 is 5.82 Å². The third kappa shape index (κ3) is 4.03. The van der Waals surface area contributed by atoms with E-state index in [1.807, 2.05) is 4.90 Å². The van der Waals surface area contributed by atoms with Crippen LogP contribution in [0.5, 0.6) is 0 Å². The minimum atomic E-state index is -4.15. The van der Waals surface area contributed by atoms with Gasteiger partial charge in [-0.3, -0.25) is 4.90 Å². The van der Waals surface area contributed by atoms with Gasteiger partial charge in [-0.05, 0) is 12.1 Å². The minimum Gasteiger partial charge on any atom is -0.390 e. The van der Waals surface area contributed by atoms with Gasteiger partial charge >= 0.3 is 6.18 Å². The highest BCUT2D eigenvalue weighted by Gasteiger charge is 2.32. The second kappa shape index (κ2) is 5.70. The zero-order chi connectivity index (χ0) is 13.9. The molecule has 1 aliphatic heterocycles. The molecule has 0 saturated carbocycles. The van der Waals surface area contributed by atoms with Crippen LogP contribution in [0.15, 0.2) is 12.1 Å². The summed E-state index contributed by atoms with van der Waals surface area (Å²) in [6, 6.07) is 3.38. The number of rotatable bonds is 3. The summed E-state index contributed by atoms with van der Waals surface area (Å²) in [6.45, 7) is 0.640. The van der Waals surface area contributed by atoms with Gasteiger partial charge in [-0.15, -0.1) is 5.10 Å².